The molecule has 0 spiro atoms. The van der Waals surface area contributed by atoms with Gasteiger partial charge in [-0.3, -0.25) is 9.59 Å². The van der Waals surface area contributed by atoms with E-state index < -0.39 is 12.0 Å². The molecule has 0 saturated carbocycles. The Morgan fingerprint density at radius 2 is 1.93 bits per heavy atom. The first-order valence-corrected chi connectivity index (χ1v) is 10.1. The second-order valence-corrected chi connectivity index (χ2v) is 7.45. The van der Waals surface area contributed by atoms with Crippen molar-refractivity contribution < 1.29 is 18.7 Å². The smallest absolute Gasteiger partial charge is 0.228 e. The maximum Gasteiger partial charge on any atom is 0.228 e. The second-order valence-electron chi connectivity index (χ2n) is 7.45. The van der Waals surface area contributed by atoms with Crippen LogP contribution in [0.1, 0.15) is 31.4 Å². The lowest BCUT2D eigenvalue weighted by atomic mass is 9.82. The molecule has 0 unspecified atom stereocenters. The summed E-state index contributed by atoms with van der Waals surface area (Å²) in [6.07, 6.45) is 0.758. The first kappa shape index (κ1) is 20.7. The van der Waals surface area contributed by atoms with Gasteiger partial charge < -0.3 is 19.4 Å². The second kappa shape index (κ2) is 9.47. The Hall–Kier alpha value is -1.99. The lowest BCUT2D eigenvalue weighted by molar-refractivity contribution is -0.149. The van der Waals surface area contributed by atoms with E-state index in [1.165, 1.54) is 6.07 Å². The number of amides is 2. The van der Waals surface area contributed by atoms with Gasteiger partial charge in [-0.05, 0) is 19.0 Å². The Labute approximate surface area is 166 Å². The number of methoxy groups -OCH3 is 1. The first-order chi connectivity index (χ1) is 13.6. The van der Waals surface area contributed by atoms with Crippen LogP contribution in [0.15, 0.2) is 24.3 Å². The zero-order valence-electron chi connectivity index (χ0n) is 16.8. The van der Waals surface area contributed by atoms with Gasteiger partial charge in [-0.2, -0.15) is 0 Å². The SMILES string of the molecule is CCN1CCN(C(=O)[C@@H]2CCC(=O)N(CCOC)[C@H]2c2ccccc2F)CC1. The number of piperazine rings is 1. The molecule has 2 heterocycles. The molecule has 1 aromatic rings. The zero-order chi connectivity index (χ0) is 20.1. The van der Waals surface area contributed by atoms with E-state index in [2.05, 4.69) is 11.8 Å². The minimum absolute atomic E-state index is 0.0268. The Balaban J connectivity index is 1.88. The highest BCUT2D eigenvalue weighted by Gasteiger charge is 2.43. The number of hydrogen-bond donors (Lipinski definition) is 0. The molecule has 2 aliphatic heterocycles. The molecule has 0 N–H and O–H groups in total. The van der Waals surface area contributed by atoms with Gasteiger partial charge in [-0.25, -0.2) is 4.39 Å². The number of benzene rings is 1. The zero-order valence-corrected chi connectivity index (χ0v) is 16.8. The van der Waals surface area contributed by atoms with Gasteiger partial charge in [0.1, 0.15) is 5.82 Å². The summed E-state index contributed by atoms with van der Waals surface area (Å²) < 4.78 is 19.8. The van der Waals surface area contributed by atoms with Crippen LogP contribution in [0.2, 0.25) is 0 Å². The van der Waals surface area contributed by atoms with Gasteiger partial charge in [0.2, 0.25) is 11.8 Å². The largest absolute Gasteiger partial charge is 0.383 e. The third kappa shape index (κ3) is 4.36. The summed E-state index contributed by atoms with van der Waals surface area (Å²) >= 11 is 0. The Morgan fingerprint density at radius 3 is 2.57 bits per heavy atom. The molecule has 0 radical (unpaired) electrons. The van der Waals surface area contributed by atoms with Crippen molar-refractivity contribution in [1.29, 1.82) is 0 Å². The molecular weight excluding hydrogens is 361 g/mol. The maximum atomic E-state index is 14.7. The third-order valence-electron chi connectivity index (χ3n) is 5.92. The number of rotatable bonds is 6. The van der Waals surface area contributed by atoms with E-state index in [9.17, 15) is 14.0 Å². The fourth-order valence-electron chi connectivity index (χ4n) is 4.28. The molecule has 0 aromatic heterocycles. The van der Waals surface area contributed by atoms with Crippen LogP contribution in [0, 0.1) is 11.7 Å². The number of carbonyl (C=O) groups is 2. The summed E-state index contributed by atoms with van der Waals surface area (Å²) in [6.45, 7) is 6.86. The molecule has 3 rings (SSSR count). The van der Waals surface area contributed by atoms with Gasteiger partial charge in [0.05, 0.1) is 18.6 Å². The van der Waals surface area contributed by atoms with Gasteiger partial charge in [-0.15, -0.1) is 0 Å². The van der Waals surface area contributed by atoms with Crippen molar-refractivity contribution >= 4 is 11.8 Å². The topological polar surface area (TPSA) is 53.1 Å². The molecule has 6 nitrogen and oxygen atoms in total. The lowest BCUT2D eigenvalue weighted by Crippen LogP contribution is -2.54. The van der Waals surface area contributed by atoms with E-state index in [-0.39, 0.29) is 17.6 Å². The fourth-order valence-corrected chi connectivity index (χ4v) is 4.28. The molecular formula is C21H30FN3O3. The van der Waals surface area contributed by atoms with Gasteiger partial charge in [0, 0.05) is 51.8 Å². The number of likely N-dealkylation sites (tertiary alicyclic amines) is 1. The average molecular weight is 391 g/mol. The highest BCUT2D eigenvalue weighted by molar-refractivity contribution is 5.85. The molecule has 154 valence electrons. The van der Waals surface area contributed by atoms with Crippen LogP contribution in [0.4, 0.5) is 4.39 Å². The summed E-state index contributed by atoms with van der Waals surface area (Å²) in [5.41, 5.74) is 0.414. The molecule has 2 amide bonds. The summed E-state index contributed by atoms with van der Waals surface area (Å²) in [6, 6.07) is 5.88. The average Bonchev–Trinajstić information content (AvgIpc) is 2.73. The van der Waals surface area contributed by atoms with Crippen LogP contribution in [0.5, 0.6) is 0 Å². The van der Waals surface area contributed by atoms with Crippen molar-refractivity contribution in [3.05, 3.63) is 35.6 Å². The summed E-state index contributed by atoms with van der Waals surface area (Å²) in [5.74, 6) is -0.832. The minimum Gasteiger partial charge on any atom is -0.383 e. The highest BCUT2D eigenvalue weighted by atomic mass is 19.1. The monoisotopic (exact) mass is 391 g/mol. The van der Waals surface area contributed by atoms with Crippen LogP contribution in [0.25, 0.3) is 0 Å². The Bertz CT molecular complexity index is 691. The Morgan fingerprint density at radius 1 is 1.21 bits per heavy atom. The Kier molecular flexibility index (Phi) is 7.02. The van der Waals surface area contributed by atoms with Gasteiger partial charge in [0.25, 0.3) is 0 Å². The van der Waals surface area contributed by atoms with Crippen molar-refractivity contribution in [3.8, 4) is 0 Å². The van der Waals surface area contributed by atoms with Crippen LogP contribution in [-0.2, 0) is 14.3 Å². The molecule has 2 atom stereocenters. The van der Waals surface area contributed by atoms with Crippen LogP contribution >= 0.6 is 0 Å². The van der Waals surface area contributed by atoms with Crippen LogP contribution in [0.3, 0.4) is 0 Å². The highest BCUT2D eigenvalue weighted by Crippen LogP contribution is 2.39. The summed E-state index contributed by atoms with van der Waals surface area (Å²) in [7, 11) is 1.57. The number of hydrogen-bond acceptors (Lipinski definition) is 4. The summed E-state index contributed by atoms with van der Waals surface area (Å²) in [5, 5.41) is 0. The maximum absolute atomic E-state index is 14.7. The van der Waals surface area contributed by atoms with E-state index >= 15 is 0 Å². The van der Waals surface area contributed by atoms with Crippen molar-refractivity contribution in [3.63, 3.8) is 0 Å². The molecule has 7 heteroatoms. The van der Waals surface area contributed by atoms with E-state index in [0.717, 1.165) is 19.6 Å². The van der Waals surface area contributed by atoms with Crippen molar-refractivity contribution in [2.24, 2.45) is 5.92 Å². The first-order valence-electron chi connectivity index (χ1n) is 10.1. The summed E-state index contributed by atoms with van der Waals surface area (Å²) in [4.78, 5) is 31.9. The molecule has 28 heavy (non-hydrogen) atoms. The van der Waals surface area contributed by atoms with Crippen molar-refractivity contribution in [1.82, 2.24) is 14.7 Å². The van der Waals surface area contributed by atoms with E-state index in [0.29, 0.717) is 44.6 Å². The van der Waals surface area contributed by atoms with Crippen LogP contribution < -0.4 is 0 Å². The minimum atomic E-state index is -0.589. The number of likely N-dealkylation sites (N-methyl/N-ethyl adjacent to an activating group) is 1. The predicted molar refractivity (Wildman–Crippen MR) is 104 cm³/mol. The quantitative estimate of drug-likeness (QED) is 0.744. The predicted octanol–water partition coefficient (Wildman–Crippen LogP) is 1.92. The molecule has 1 aromatic carbocycles. The van der Waals surface area contributed by atoms with E-state index in [1.54, 1.807) is 30.2 Å². The molecule has 0 aliphatic carbocycles. The van der Waals surface area contributed by atoms with Gasteiger partial charge in [0.15, 0.2) is 0 Å². The number of carbonyl (C=O) groups excluding carboxylic acids is 2. The molecule has 2 saturated heterocycles. The number of piperidine rings is 1. The standard InChI is InChI=1S/C21H30FN3O3/c1-3-23-10-12-24(13-11-23)21(27)17-8-9-19(26)25(14-15-28-2)20(17)16-6-4-5-7-18(16)22/h4-7,17,20H,3,8-15H2,1-2H3/t17-,20+/m1/s1. The third-order valence-corrected chi connectivity index (χ3v) is 5.92. The van der Waals surface area contributed by atoms with E-state index in [1.807, 2.05) is 4.90 Å². The normalized spacial score (nSPS) is 23.9. The van der Waals surface area contributed by atoms with Crippen LogP contribution in [-0.4, -0.2) is 79.5 Å². The number of ether oxygens (including phenoxy) is 1. The van der Waals surface area contributed by atoms with Crippen molar-refractivity contribution in [2.45, 2.75) is 25.8 Å². The van der Waals surface area contributed by atoms with Crippen molar-refractivity contribution in [2.75, 3.05) is 53.0 Å². The van der Waals surface area contributed by atoms with Gasteiger partial charge >= 0.3 is 0 Å². The fraction of sp³-hybridized carbons (Fsp3) is 0.619. The number of halogens is 1. The lowest BCUT2D eigenvalue weighted by Gasteiger charge is -2.43. The van der Waals surface area contributed by atoms with E-state index in [4.69, 9.17) is 4.74 Å². The molecule has 0 bridgehead atoms. The molecule has 2 fully saturated rings. The molecule has 2 aliphatic rings. The number of nitrogens with zero attached hydrogens (tertiary/aromatic N) is 3. The van der Waals surface area contributed by atoms with Gasteiger partial charge in [-0.1, -0.05) is 25.1 Å².